The molecule has 90 valence electrons. The second kappa shape index (κ2) is 5.92. The van der Waals surface area contributed by atoms with Gasteiger partial charge in [-0.05, 0) is 19.1 Å². The van der Waals surface area contributed by atoms with E-state index in [1.807, 2.05) is 0 Å². The Hall–Kier alpha value is -2.00. The van der Waals surface area contributed by atoms with E-state index in [2.05, 4.69) is 5.32 Å². The first-order valence-corrected chi connectivity index (χ1v) is 4.85. The lowest BCUT2D eigenvalue weighted by molar-refractivity contribution is 0.0614. The second-order valence-corrected chi connectivity index (χ2v) is 3.10. The second-order valence-electron chi connectivity index (χ2n) is 3.10. The Morgan fingerprint density at radius 1 is 1.47 bits per heavy atom. The van der Waals surface area contributed by atoms with Crippen LogP contribution in [0.3, 0.4) is 0 Å². The van der Waals surface area contributed by atoms with Crippen molar-refractivity contribution in [1.29, 1.82) is 5.26 Å². The first-order valence-electron chi connectivity index (χ1n) is 4.85. The van der Waals surface area contributed by atoms with Gasteiger partial charge in [0.25, 0.3) is 5.91 Å². The quantitative estimate of drug-likeness (QED) is 0.813. The van der Waals surface area contributed by atoms with Crippen LogP contribution < -0.4 is 5.32 Å². The van der Waals surface area contributed by atoms with Crippen LogP contribution in [0.1, 0.15) is 17.3 Å². The van der Waals surface area contributed by atoms with E-state index in [1.54, 1.807) is 13.0 Å². The minimum Gasteiger partial charge on any atom is -0.346 e. The third-order valence-corrected chi connectivity index (χ3v) is 1.84. The maximum Gasteiger partial charge on any atom is 0.254 e. The third-order valence-electron chi connectivity index (χ3n) is 1.84. The van der Waals surface area contributed by atoms with Gasteiger partial charge in [-0.1, -0.05) is 0 Å². The van der Waals surface area contributed by atoms with Crippen molar-refractivity contribution < 1.29 is 18.3 Å². The number of benzene rings is 1. The predicted octanol–water partition coefficient (Wildman–Crippen LogP) is 1.58. The molecule has 0 heterocycles. The number of nitrogens with one attached hydrogen (secondary N) is 1. The lowest BCUT2D eigenvalue weighted by Gasteiger charge is -2.11. The number of rotatable bonds is 4. The van der Waals surface area contributed by atoms with E-state index >= 15 is 0 Å². The Labute approximate surface area is 96.8 Å². The zero-order valence-corrected chi connectivity index (χ0v) is 9.04. The summed E-state index contributed by atoms with van der Waals surface area (Å²) < 4.78 is 30.5. The zero-order valence-electron chi connectivity index (χ0n) is 9.04. The molecule has 0 spiro atoms. The van der Waals surface area contributed by atoms with E-state index in [0.29, 0.717) is 6.07 Å². The number of hydrogen-bond acceptors (Lipinski definition) is 3. The van der Waals surface area contributed by atoms with E-state index in [9.17, 15) is 13.6 Å². The lowest BCUT2D eigenvalue weighted by Crippen LogP contribution is -2.35. The van der Waals surface area contributed by atoms with Crippen molar-refractivity contribution in [2.75, 3.05) is 6.61 Å². The molecule has 1 rings (SSSR count). The summed E-state index contributed by atoms with van der Waals surface area (Å²) in [6.07, 6.45) is -1.14. The van der Waals surface area contributed by atoms with Crippen LogP contribution in [-0.2, 0) is 4.74 Å². The maximum absolute atomic E-state index is 12.8. The summed E-state index contributed by atoms with van der Waals surface area (Å²) in [6.45, 7) is 1.88. The lowest BCUT2D eigenvalue weighted by atomic mass is 10.2. The van der Waals surface area contributed by atoms with Crippen LogP contribution >= 0.6 is 0 Å². The van der Waals surface area contributed by atoms with Crippen molar-refractivity contribution in [2.45, 2.75) is 13.2 Å². The van der Waals surface area contributed by atoms with E-state index in [0.717, 1.165) is 12.1 Å². The van der Waals surface area contributed by atoms with Gasteiger partial charge in [-0.15, -0.1) is 0 Å². The van der Waals surface area contributed by atoms with Crippen molar-refractivity contribution in [3.8, 4) is 6.07 Å². The molecule has 1 aromatic carbocycles. The first-order chi connectivity index (χ1) is 8.06. The molecule has 1 unspecified atom stereocenters. The van der Waals surface area contributed by atoms with Crippen LogP contribution in [0.25, 0.3) is 0 Å². The molecule has 1 aromatic rings. The highest BCUT2D eigenvalue weighted by Crippen LogP contribution is 2.08. The number of hydrogen-bond donors (Lipinski definition) is 1. The average Bonchev–Trinajstić information content (AvgIpc) is 2.27. The molecule has 1 atom stereocenters. The molecular formula is C11H10F2N2O2. The number of halogens is 2. The number of nitrogens with zero attached hydrogens (tertiary/aromatic N) is 1. The summed E-state index contributed by atoms with van der Waals surface area (Å²) in [5.74, 6) is -2.50. The van der Waals surface area contributed by atoms with Gasteiger partial charge in [-0.3, -0.25) is 4.79 Å². The molecule has 0 aliphatic rings. The maximum atomic E-state index is 12.8. The van der Waals surface area contributed by atoms with Crippen molar-refractivity contribution in [3.05, 3.63) is 35.4 Å². The smallest absolute Gasteiger partial charge is 0.254 e. The van der Waals surface area contributed by atoms with Gasteiger partial charge in [-0.2, -0.15) is 5.26 Å². The fourth-order valence-corrected chi connectivity index (χ4v) is 1.17. The normalized spacial score (nSPS) is 11.6. The number of carbonyl (C=O) groups excluding carboxylic acids is 1. The Kier molecular flexibility index (Phi) is 4.55. The van der Waals surface area contributed by atoms with Crippen molar-refractivity contribution in [2.24, 2.45) is 0 Å². The Morgan fingerprint density at radius 2 is 2.06 bits per heavy atom. The van der Waals surface area contributed by atoms with Crippen molar-refractivity contribution in [3.63, 3.8) is 0 Å². The topological polar surface area (TPSA) is 62.1 Å². The van der Waals surface area contributed by atoms with E-state index in [1.165, 1.54) is 0 Å². The summed E-state index contributed by atoms with van der Waals surface area (Å²) in [6, 6.07) is 4.09. The minimum atomic E-state index is -1.14. The predicted molar refractivity (Wildman–Crippen MR) is 54.9 cm³/mol. The summed E-state index contributed by atoms with van der Waals surface area (Å²) >= 11 is 0. The fourth-order valence-electron chi connectivity index (χ4n) is 1.17. The largest absolute Gasteiger partial charge is 0.346 e. The van der Waals surface area contributed by atoms with Gasteiger partial charge in [0.15, 0.2) is 0 Å². The highest BCUT2D eigenvalue weighted by Gasteiger charge is 2.14. The molecular weight excluding hydrogens is 230 g/mol. The van der Waals surface area contributed by atoms with Crippen LogP contribution in [0.5, 0.6) is 0 Å². The van der Waals surface area contributed by atoms with Gasteiger partial charge in [0, 0.05) is 18.2 Å². The number of carbonyl (C=O) groups is 1. The van der Waals surface area contributed by atoms with Crippen LogP contribution in [0.2, 0.25) is 0 Å². The Balaban J connectivity index is 2.79. The van der Waals surface area contributed by atoms with E-state index in [4.69, 9.17) is 10.00 Å². The summed E-state index contributed by atoms with van der Waals surface area (Å²) in [4.78, 5) is 11.5. The van der Waals surface area contributed by atoms with E-state index in [-0.39, 0.29) is 12.2 Å². The highest BCUT2D eigenvalue weighted by atomic mass is 19.1. The molecule has 0 aliphatic heterocycles. The standard InChI is InChI=1S/C11H10F2N2O2/c1-2-17-10(6-14)15-11(16)7-3-8(12)5-9(13)4-7/h3-5,10H,2H2,1H3,(H,15,16). The molecule has 0 saturated carbocycles. The average molecular weight is 240 g/mol. The molecule has 6 heteroatoms. The molecule has 0 aliphatic carbocycles. The van der Waals surface area contributed by atoms with Gasteiger partial charge in [0.05, 0.1) is 0 Å². The molecule has 0 aromatic heterocycles. The molecule has 0 fully saturated rings. The molecule has 1 N–H and O–H groups in total. The Morgan fingerprint density at radius 3 is 2.53 bits per heavy atom. The summed E-state index contributed by atoms with van der Waals surface area (Å²) in [7, 11) is 0. The van der Waals surface area contributed by atoms with Gasteiger partial charge in [0.2, 0.25) is 6.23 Å². The van der Waals surface area contributed by atoms with E-state index < -0.39 is 23.8 Å². The van der Waals surface area contributed by atoms with Crippen LogP contribution in [-0.4, -0.2) is 18.7 Å². The third kappa shape index (κ3) is 3.81. The van der Waals surface area contributed by atoms with Gasteiger partial charge in [-0.25, -0.2) is 8.78 Å². The van der Waals surface area contributed by atoms with Gasteiger partial charge >= 0.3 is 0 Å². The molecule has 0 saturated heterocycles. The van der Waals surface area contributed by atoms with Crippen molar-refractivity contribution in [1.82, 2.24) is 5.32 Å². The highest BCUT2D eigenvalue weighted by molar-refractivity contribution is 5.94. The molecule has 0 bridgehead atoms. The molecule has 1 amide bonds. The number of ether oxygens (including phenoxy) is 1. The SMILES string of the molecule is CCOC(C#N)NC(=O)c1cc(F)cc(F)c1. The minimum absolute atomic E-state index is 0.206. The first kappa shape index (κ1) is 13.1. The van der Waals surface area contributed by atoms with Gasteiger partial charge < -0.3 is 10.1 Å². The van der Waals surface area contributed by atoms with Crippen LogP contribution in [0.4, 0.5) is 8.78 Å². The summed E-state index contributed by atoms with van der Waals surface area (Å²) in [5, 5.41) is 10.8. The van der Waals surface area contributed by atoms with Crippen LogP contribution in [0.15, 0.2) is 18.2 Å². The molecule has 0 radical (unpaired) electrons. The summed E-state index contributed by atoms with van der Waals surface area (Å²) in [5.41, 5.74) is -0.206. The number of nitriles is 1. The van der Waals surface area contributed by atoms with Crippen molar-refractivity contribution >= 4 is 5.91 Å². The zero-order chi connectivity index (χ0) is 12.8. The number of amides is 1. The molecule has 4 nitrogen and oxygen atoms in total. The molecule has 17 heavy (non-hydrogen) atoms. The fraction of sp³-hybridized carbons (Fsp3) is 0.273. The van der Waals surface area contributed by atoms with Crippen LogP contribution in [0, 0.1) is 23.0 Å². The van der Waals surface area contributed by atoms with Gasteiger partial charge in [0.1, 0.15) is 17.7 Å². The Bertz CT molecular complexity index is 437. The monoisotopic (exact) mass is 240 g/mol.